The fourth-order valence-corrected chi connectivity index (χ4v) is 3.98. The predicted molar refractivity (Wildman–Crippen MR) is 99.3 cm³/mol. The van der Waals surface area contributed by atoms with Gasteiger partial charge in [-0.25, -0.2) is 0 Å². The number of ketones is 1. The molecule has 0 spiro atoms. The van der Waals surface area contributed by atoms with E-state index in [4.69, 9.17) is 5.11 Å². The van der Waals surface area contributed by atoms with E-state index < -0.39 is 5.97 Å². The van der Waals surface area contributed by atoms with Gasteiger partial charge in [-0.2, -0.15) is 11.8 Å². The molecule has 0 aromatic carbocycles. The zero-order chi connectivity index (χ0) is 17.8. The minimum absolute atomic E-state index is 0.0476. The first-order valence-corrected chi connectivity index (χ1v) is 9.98. The van der Waals surface area contributed by atoms with Gasteiger partial charge >= 0.3 is 5.97 Å². The van der Waals surface area contributed by atoms with E-state index in [1.807, 2.05) is 18.2 Å². The predicted octanol–water partition coefficient (Wildman–Crippen LogP) is 3.99. The van der Waals surface area contributed by atoms with E-state index in [-0.39, 0.29) is 29.5 Å². The number of unbranched alkanes of at least 4 members (excludes halogenated alkanes) is 3. The lowest BCUT2D eigenvalue weighted by atomic mass is 10.0. The van der Waals surface area contributed by atoms with Crippen molar-refractivity contribution in [1.82, 2.24) is 0 Å². The Morgan fingerprint density at radius 2 is 2.12 bits per heavy atom. The summed E-state index contributed by atoms with van der Waals surface area (Å²) >= 11 is 1.66. The highest BCUT2D eigenvalue weighted by Gasteiger charge is 2.29. The van der Waals surface area contributed by atoms with Crippen molar-refractivity contribution in [2.45, 2.75) is 69.6 Å². The van der Waals surface area contributed by atoms with E-state index in [1.165, 1.54) is 0 Å². The van der Waals surface area contributed by atoms with Gasteiger partial charge in [0.15, 0.2) is 5.78 Å². The van der Waals surface area contributed by atoms with E-state index in [2.05, 4.69) is 6.92 Å². The van der Waals surface area contributed by atoms with Crippen LogP contribution in [0.25, 0.3) is 0 Å². The van der Waals surface area contributed by atoms with Gasteiger partial charge in [0.1, 0.15) is 0 Å². The zero-order valence-electron chi connectivity index (χ0n) is 14.5. The number of aliphatic hydroxyl groups is 1. The van der Waals surface area contributed by atoms with E-state index in [0.717, 1.165) is 32.1 Å². The summed E-state index contributed by atoms with van der Waals surface area (Å²) in [5.74, 6) is 0.00873. The third kappa shape index (κ3) is 8.69. The van der Waals surface area contributed by atoms with Crippen LogP contribution in [-0.2, 0) is 9.59 Å². The molecule has 3 unspecified atom stereocenters. The Kier molecular flexibility index (Phi) is 10.8. The van der Waals surface area contributed by atoms with Gasteiger partial charge in [-0.15, -0.1) is 0 Å². The molecule has 0 fully saturated rings. The molecule has 1 aliphatic rings. The van der Waals surface area contributed by atoms with Crippen molar-refractivity contribution < 1.29 is 19.8 Å². The second kappa shape index (κ2) is 12.3. The van der Waals surface area contributed by atoms with Crippen LogP contribution in [-0.4, -0.2) is 39.1 Å². The largest absolute Gasteiger partial charge is 0.481 e. The molecular weight excluding hydrogens is 324 g/mol. The Hall–Kier alpha value is -1.07. The van der Waals surface area contributed by atoms with Crippen LogP contribution in [0.4, 0.5) is 0 Å². The first-order valence-electron chi connectivity index (χ1n) is 8.93. The average Bonchev–Trinajstić information content (AvgIpc) is 2.89. The maximum Gasteiger partial charge on any atom is 0.303 e. The number of hydrogen-bond donors (Lipinski definition) is 2. The third-order valence-electron chi connectivity index (χ3n) is 4.15. The summed E-state index contributed by atoms with van der Waals surface area (Å²) in [4.78, 5) is 22.4. The molecule has 0 saturated heterocycles. The van der Waals surface area contributed by atoms with E-state index in [9.17, 15) is 14.7 Å². The van der Waals surface area contributed by atoms with Crippen LogP contribution in [0, 0.1) is 5.92 Å². The fourth-order valence-electron chi connectivity index (χ4n) is 2.70. The van der Waals surface area contributed by atoms with Crippen molar-refractivity contribution in [2.75, 3.05) is 5.75 Å². The van der Waals surface area contributed by atoms with Crippen LogP contribution >= 0.6 is 11.8 Å². The lowest BCUT2D eigenvalue weighted by Crippen LogP contribution is -2.20. The molecule has 0 aliphatic heterocycles. The van der Waals surface area contributed by atoms with E-state index in [0.29, 0.717) is 18.6 Å². The van der Waals surface area contributed by atoms with Gasteiger partial charge in [-0.05, 0) is 31.8 Å². The number of carboxylic acids is 1. The highest BCUT2D eigenvalue weighted by Crippen LogP contribution is 2.31. The van der Waals surface area contributed by atoms with Crippen LogP contribution in [0.1, 0.15) is 58.3 Å². The van der Waals surface area contributed by atoms with Crippen LogP contribution in [0.3, 0.4) is 0 Å². The normalized spacial score (nSPS) is 21.7. The van der Waals surface area contributed by atoms with Gasteiger partial charge in [0.2, 0.25) is 0 Å². The second-order valence-electron chi connectivity index (χ2n) is 6.31. The second-order valence-corrected chi connectivity index (χ2v) is 7.52. The van der Waals surface area contributed by atoms with Crippen molar-refractivity contribution >= 4 is 23.5 Å². The fraction of sp³-hybridized carbons (Fsp3) is 0.684. The Morgan fingerprint density at radius 1 is 1.33 bits per heavy atom. The topological polar surface area (TPSA) is 74.6 Å². The first-order chi connectivity index (χ1) is 11.5. The quantitative estimate of drug-likeness (QED) is 0.386. The number of aliphatic carboxylic acids is 1. The summed E-state index contributed by atoms with van der Waals surface area (Å²) in [5, 5.41) is 18.7. The standard InChI is InChI=1S/C19H30O4S/c1-2-3-6-9-15(20)14-24-18-13-12-17(21)16(18)10-7-4-5-8-11-19(22)23/h4,7,12-13,15-16,18,20H,2-3,5-6,8-11,14H2,1H3,(H,22,23). The molecule has 24 heavy (non-hydrogen) atoms. The number of carbonyl (C=O) groups is 2. The lowest BCUT2D eigenvalue weighted by molar-refractivity contribution is -0.137. The number of rotatable bonds is 13. The number of hydrogen-bond acceptors (Lipinski definition) is 4. The molecule has 0 bridgehead atoms. The monoisotopic (exact) mass is 354 g/mol. The van der Waals surface area contributed by atoms with Crippen molar-refractivity contribution in [3.8, 4) is 0 Å². The summed E-state index contributed by atoms with van der Waals surface area (Å²) in [5.41, 5.74) is 0. The van der Waals surface area contributed by atoms with Crippen LogP contribution in [0.15, 0.2) is 24.3 Å². The molecule has 0 saturated carbocycles. The zero-order valence-corrected chi connectivity index (χ0v) is 15.3. The molecule has 0 aromatic rings. The molecule has 0 aromatic heterocycles. The maximum atomic E-state index is 12.0. The highest BCUT2D eigenvalue weighted by atomic mass is 32.2. The van der Waals surface area contributed by atoms with Crippen molar-refractivity contribution in [3.63, 3.8) is 0 Å². The molecule has 3 atom stereocenters. The first kappa shape index (κ1) is 21.0. The highest BCUT2D eigenvalue weighted by molar-refractivity contribution is 8.00. The Bertz CT molecular complexity index is 445. The van der Waals surface area contributed by atoms with Gasteiger partial charge in [-0.1, -0.05) is 44.4 Å². The van der Waals surface area contributed by atoms with Crippen molar-refractivity contribution in [2.24, 2.45) is 5.92 Å². The molecule has 136 valence electrons. The van der Waals surface area contributed by atoms with Crippen molar-refractivity contribution in [1.29, 1.82) is 0 Å². The van der Waals surface area contributed by atoms with E-state index >= 15 is 0 Å². The molecule has 2 N–H and O–H groups in total. The van der Waals surface area contributed by atoms with Crippen molar-refractivity contribution in [3.05, 3.63) is 24.3 Å². The van der Waals surface area contributed by atoms with Gasteiger partial charge in [0.25, 0.3) is 0 Å². The molecule has 1 rings (SSSR count). The van der Waals surface area contributed by atoms with Crippen LogP contribution in [0.5, 0.6) is 0 Å². The summed E-state index contributed by atoms with van der Waals surface area (Å²) in [6.07, 6.45) is 13.7. The SMILES string of the molecule is CCCCCC(O)CSC1C=CC(=O)C1CC=CCCCC(=O)O. The average molecular weight is 355 g/mol. The van der Waals surface area contributed by atoms with Gasteiger partial charge < -0.3 is 10.2 Å². The smallest absolute Gasteiger partial charge is 0.303 e. The molecule has 0 radical (unpaired) electrons. The number of allylic oxidation sites excluding steroid dienone is 3. The minimum Gasteiger partial charge on any atom is -0.481 e. The molecule has 0 amide bonds. The number of carboxylic acid groups (broad SMARTS) is 1. The summed E-state index contributed by atoms with van der Waals surface area (Å²) in [7, 11) is 0. The van der Waals surface area contributed by atoms with Crippen LogP contribution < -0.4 is 0 Å². The van der Waals surface area contributed by atoms with Crippen LogP contribution in [0.2, 0.25) is 0 Å². The van der Waals surface area contributed by atoms with Gasteiger partial charge in [0.05, 0.1) is 6.10 Å². The van der Waals surface area contributed by atoms with Gasteiger partial charge in [0, 0.05) is 23.3 Å². The molecule has 4 nitrogen and oxygen atoms in total. The number of carbonyl (C=O) groups excluding carboxylic acids is 1. The lowest BCUT2D eigenvalue weighted by Gasteiger charge is -2.18. The summed E-state index contributed by atoms with van der Waals surface area (Å²) in [6, 6.07) is 0. The third-order valence-corrected chi connectivity index (χ3v) is 5.60. The Balaban J connectivity index is 2.28. The molecule has 5 heteroatoms. The Labute approximate surface area is 149 Å². The summed E-state index contributed by atoms with van der Waals surface area (Å²) < 4.78 is 0. The maximum absolute atomic E-state index is 12.0. The summed E-state index contributed by atoms with van der Waals surface area (Å²) in [6.45, 7) is 2.15. The molecular formula is C19H30O4S. The Morgan fingerprint density at radius 3 is 2.83 bits per heavy atom. The van der Waals surface area contributed by atoms with E-state index in [1.54, 1.807) is 17.8 Å². The number of aliphatic hydroxyl groups excluding tert-OH is 1. The molecule has 1 aliphatic carbocycles. The minimum atomic E-state index is -0.771. The number of thioether (sulfide) groups is 1. The van der Waals surface area contributed by atoms with Gasteiger partial charge in [-0.3, -0.25) is 9.59 Å². The molecule has 0 heterocycles.